The molecule has 0 aromatic heterocycles. The molecule has 11 nitrogen and oxygen atoms in total. The van der Waals surface area contributed by atoms with E-state index in [1.165, 1.54) is 30.5 Å². The van der Waals surface area contributed by atoms with Crippen molar-refractivity contribution in [3.8, 4) is 5.75 Å². The molecular formula is C20H21N5O6. The number of hydrazone groups is 1. The first-order valence-corrected chi connectivity index (χ1v) is 9.15. The lowest BCUT2D eigenvalue weighted by Gasteiger charge is -2.09. The molecule has 0 saturated carbocycles. The van der Waals surface area contributed by atoms with Gasteiger partial charge in [-0.3, -0.25) is 24.5 Å². The van der Waals surface area contributed by atoms with Gasteiger partial charge < -0.3 is 15.4 Å². The summed E-state index contributed by atoms with van der Waals surface area (Å²) in [6, 6.07) is 11.6. The number of carbonyl (C=O) groups is 3. The summed E-state index contributed by atoms with van der Waals surface area (Å²) in [6.45, 7) is 3.60. The molecule has 0 aliphatic heterocycles. The highest BCUT2D eigenvalue weighted by Crippen LogP contribution is 2.15. The average molecular weight is 427 g/mol. The lowest BCUT2D eigenvalue weighted by molar-refractivity contribution is -0.384. The molecule has 162 valence electrons. The van der Waals surface area contributed by atoms with Gasteiger partial charge in [-0.15, -0.1) is 0 Å². The van der Waals surface area contributed by atoms with Crippen LogP contribution in [0, 0.1) is 10.1 Å². The van der Waals surface area contributed by atoms with Crippen LogP contribution in [0.5, 0.6) is 5.75 Å². The second kappa shape index (κ2) is 11.0. The summed E-state index contributed by atoms with van der Waals surface area (Å²) in [5, 5.41) is 19.3. The summed E-state index contributed by atoms with van der Waals surface area (Å²) in [4.78, 5) is 45.2. The Bertz CT molecular complexity index is 971. The monoisotopic (exact) mass is 427 g/mol. The first-order chi connectivity index (χ1) is 14.7. The number of non-ortho nitro benzene ring substituents is 1. The van der Waals surface area contributed by atoms with Crippen molar-refractivity contribution in [3.05, 3.63) is 64.2 Å². The normalized spacial score (nSPS) is 10.5. The topological polar surface area (TPSA) is 152 Å². The number of rotatable bonds is 8. The van der Waals surface area contributed by atoms with Crippen LogP contribution in [0.25, 0.3) is 0 Å². The Morgan fingerprint density at radius 3 is 2.29 bits per heavy atom. The van der Waals surface area contributed by atoms with Gasteiger partial charge in [0.25, 0.3) is 11.6 Å². The van der Waals surface area contributed by atoms with Crippen LogP contribution in [0.15, 0.2) is 53.6 Å². The van der Waals surface area contributed by atoms with E-state index in [0.717, 1.165) is 0 Å². The minimum atomic E-state index is -1.01. The third-order valence-electron chi connectivity index (χ3n) is 3.62. The van der Waals surface area contributed by atoms with Crippen molar-refractivity contribution < 1.29 is 24.0 Å². The highest BCUT2D eigenvalue weighted by Gasteiger charge is 2.13. The Morgan fingerprint density at radius 2 is 1.71 bits per heavy atom. The minimum absolute atomic E-state index is 0.0288. The fourth-order valence-corrected chi connectivity index (χ4v) is 2.23. The summed E-state index contributed by atoms with van der Waals surface area (Å²) in [6.07, 6.45) is 1.33. The number of carbonyl (C=O) groups excluding carboxylic acids is 3. The number of nitrogens with one attached hydrogen (secondary N) is 3. The van der Waals surface area contributed by atoms with Crippen LogP contribution in [0.4, 0.5) is 11.4 Å². The number of benzene rings is 2. The van der Waals surface area contributed by atoms with Crippen LogP contribution in [-0.2, 0) is 14.4 Å². The van der Waals surface area contributed by atoms with Crippen molar-refractivity contribution >= 4 is 35.3 Å². The van der Waals surface area contributed by atoms with Gasteiger partial charge in [0, 0.05) is 23.9 Å². The zero-order valence-electron chi connectivity index (χ0n) is 16.8. The van der Waals surface area contributed by atoms with Gasteiger partial charge in [-0.1, -0.05) is 0 Å². The zero-order chi connectivity index (χ0) is 22.8. The molecule has 0 saturated heterocycles. The van der Waals surface area contributed by atoms with Gasteiger partial charge in [0.2, 0.25) is 0 Å². The molecular weight excluding hydrogens is 406 g/mol. The predicted octanol–water partition coefficient (Wildman–Crippen LogP) is 1.59. The highest BCUT2D eigenvalue weighted by molar-refractivity contribution is 6.39. The molecule has 2 aromatic rings. The van der Waals surface area contributed by atoms with Crippen LogP contribution in [0.1, 0.15) is 19.4 Å². The van der Waals surface area contributed by atoms with Crippen LogP contribution in [0.3, 0.4) is 0 Å². The maximum absolute atomic E-state index is 11.8. The third-order valence-corrected chi connectivity index (χ3v) is 3.62. The molecule has 2 rings (SSSR count). The molecule has 0 heterocycles. The lowest BCUT2D eigenvalue weighted by atomic mass is 10.2. The van der Waals surface area contributed by atoms with E-state index >= 15 is 0 Å². The number of hydrogen-bond acceptors (Lipinski definition) is 7. The molecule has 0 aliphatic rings. The minimum Gasteiger partial charge on any atom is -0.484 e. The maximum atomic E-state index is 11.8. The molecule has 0 atom stereocenters. The first-order valence-electron chi connectivity index (χ1n) is 9.15. The van der Waals surface area contributed by atoms with Crippen molar-refractivity contribution in [2.75, 3.05) is 11.9 Å². The van der Waals surface area contributed by atoms with Gasteiger partial charge in [-0.2, -0.15) is 5.10 Å². The molecule has 0 bridgehead atoms. The molecule has 3 amide bonds. The van der Waals surface area contributed by atoms with Crippen molar-refractivity contribution in [1.82, 2.24) is 10.7 Å². The second-order valence-electron chi connectivity index (χ2n) is 6.54. The number of ether oxygens (including phenoxy) is 1. The van der Waals surface area contributed by atoms with Crippen LogP contribution in [0.2, 0.25) is 0 Å². The van der Waals surface area contributed by atoms with Gasteiger partial charge in [0.15, 0.2) is 6.61 Å². The summed E-state index contributed by atoms with van der Waals surface area (Å²) in [7, 11) is 0. The van der Waals surface area contributed by atoms with E-state index in [-0.39, 0.29) is 29.9 Å². The van der Waals surface area contributed by atoms with Gasteiger partial charge in [-0.05, 0) is 55.8 Å². The summed E-state index contributed by atoms with van der Waals surface area (Å²) in [5.74, 6) is -1.72. The fraction of sp³-hybridized carbons (Fsp3) is 0.200. The van der Waals surface area contributed by atoms with E-state index in [0.29, 0.717) is 11.3 Å². The average Bonchev–Trinajstić information content (AvgIpc) is 2.73. The summed E-state index contributed by atoms with van der Waals surface area (Å²) >= 11 is 0. The molecule has 0 aliphatic carbocycles. The SMILES string of the molecule is CC(C)NC(=O)COc1ccc(/C=N\NC(=O)C(=O)Nc2ccc([N+](=O)[O-])cc2)cc1. The molecule has 11 heteroatoms. The van der Waals surface area contributed by atoms with Crippen LogP contribution < -0.4 is 20.8 Å². The van der Waals surface area contributed by atoms with E-state index in [2.05, 4.69) is 21.2 Å². The standard InChI is InChI=1S/C20H21N5O6/c1-13(2)22-18(26)12-31-17-9-3-14(4-10-17)11-21-24-20(28)19(27)23-15-5-7-16(8-6-15)25(29)30/h3-11,13H,12H2,1-2H3,(H,22,26)(H,23,27)(H,24,28)/b21-11-. The molecule has 0 radical (unpaired) electrons. The number of nitro groups is 1. The second-order valence-corrected chi connectivity index (χ2v) is 6.54. The summed E-state index contributed by atoms with van der Waals surface area (Å²) in [5.41, 5.74) is 2.79. The number of nitro benzene ring substituents is 1. The van der Waals surface area contributed by atoms with Crippen molar-refractivity contribution in [3.63, 3.8) is 0 Å². The van der Waals surface area contributed by atoms with Crippen LogP contribution >= 0.6 is 0 Å². The number of nitrogens with zero attached hydrogens (tertiary/aromatic N) is 2. The number of amides is 3. The van der Waals surface area contributed by atoms with Crippen LogP contribution in [-0.4, -0.2) is 41.5 Å². The first kappa shape index (κ1) is 23.0. The van der Waals surface area contributed by atoms with Gasteiger partial charge >= 0.3 is 11.8 Å². The molecule has 3 N–H and O–H groups in total. The lowest BCUT2D eigenvalue weighted by Crippen LogP contribution is -2.34. The van der Waals surface area contributed by atoms with Crippen molar-refractivity contribution in [2.45, 2.75) is 19.9 Å². The molecule has 0 unspecified atom stereocenters. The Balaban J connectivity index is 1.80. The fourth-order valence-electron chi connectivity index (χ4n) is 2.23. The molecule has 2 aromatic carbocycles. The van der Waals surface area contributed by atoms with E-state index < -0.39 is 16.7 Å². The Kier molecular flexibility index (Phi) is 8.20. The molecule has 0 spiro atoms. The van der Waals surface area contributed by atoms with E-state index in [1.54, 1.807) is 24.3 Å². The van der Waals surface area contributed by atoms with Gasteiger partial charge in [0.05, 0.1) is 11.1 Å². The Hall–Kier alpha value is -4.28. The van der Waals surface area contributed by atoms with E-state index in [4.69, 9.17) is 4.74 Å². The Labute approximate surface area is 177 Å². The quantitative estimate of drug-likeness (QED) is 0.252. The maximum Gasteiger partial charge on any atom is 0.329 e. The highest BCUT2D eigenvalue weighted by atomic mass is 16.6. The van der Waals surface area contributed by atoms with Crippen molar-refractivity contribution in [1.29, 1.82) is 0 Å². The third kappa shape index (κ3) is 7.93. The predicted molar refractivity (Wildman–Crippen MR) is 113 cm³/mol. The smallest absolute Gasteiger partial charge is 0.329 e. The molecule has 31 heavy (non-hydrogen) atoms. The zero-order valence-corrected chi connectivity index (χ0v) is 16.8. The van der Waals surface area contributed by atoms with Gasteiger partial charge in [0.1, 0.15) is 5.75 Å². The van der Waals surface area contributed by atoms with E-state index in [9.17, 15) is 24.5 Å². The largest absolute Gasteiger partial charge is 0.484 e. The summed E-state index contributed by atoms with van der Waals surface area (Å²) < 4.78 is 5.36. The Morgan fingerprint density at radius 1 is 1.06 bits per heavy atom. The number of anilines is 1. The molecule has 0 fully saturated rings. The number of hydrogen-bond donors (Lipinski definition) is 3. The van der Waals surface area contributed by atoms with Gasteiger partial charge in [-0.25, -0.2) is 5.43 Å². The van der Waals surface area contributed by atoms with E-state index in [1.807, 2.05) is 13.8 Å². The van der Waals surface area contributed by atoms with Crippen molar-refractivity contribution in [2.24, 2.45) is 5.10 Å².